The average Bonchev–Trinajstić information content (AvgIpc) is 3.01. The van der Waals surface area contributed by atoms with Crippen molar-refractivity contribution in [1.29, 1.82) is 0 Å². The first-order chi connectivity index (χ1) is 9.58. The molecule has 1 N–H and O–H groups in total. The van der Waals surface area contributed by atoms with E-state index in [-0.39, 0.29) is 5.91 Å². The summed E-state index contributed by atoms with van der Waals surface area (Å²) in [5.41, 5.74) is 3.36. The standard InChI is InChI=1S/C17H16N2O/c1-17(2,13-6-4-10-18-11-13)19-16(20)15-9-8-12-5-3-7-14(12)15/h3-11H,1-2H3,(H,19,20). The number of hydrogen-bond donors (Lipinski definition) is 1. The third kappa shape index (κ3) is 2.11. The fraction of sp³-hybridized carbons (Fsp3) is 0.176. The molecule has 0 atom stereocenters. The first kappa shape index (κ1) is 12.6. The summed E-state index contributed by atoms with van der Waals surface area (Å²) in [7, 11) is 0. The lowest BCUT2D eigenvalue weighted by molar-refractivity contribution is -0.118. The van der Waals surface area contributed by atoms with E-state index in [4.69, 9.17) is 0 Å². The Hall–Kier alpha value is -2.42. The Balaban J connectivity index is 1.77. The predicted molar refractivity (Wildman–Crippen MR) is 78.8 cm³/mol. The minimum absolute atomic E-state index is 0.0555. The van der Waals surface area contributed by atoms with Crippen LogP contribution in [0, 0.1) is 0 Å². The number of rotatable bonds is 3. The maximum Gasteiger partial charge on any atom is 0.252 e. The molecule has 1 aromatic rings. The molecule has 0 aromatic carbocycles. The van der Waals surface area contributed by atoms with E-state index < -0.39 is 5.54 Å². The normalized spacial score (nSPS) is 16.4. The first-order valence-corrected chi connectivity index (χ1v) is 6.62. The van der Waals surface area contributed by atoms with Gasteiger partial charge in [0.15, 0.2) is 0 Å². The van der Waals surface area contributed by atoms with Gasteiger partial charge < -0.3 is 5.32 Å². The van der Waals surface area contributed by atoms with E-state index >= 15 is 0 Å². The van der Waals surface area contributed by atoms with Crippen molar-refractivity contribution in [2.45, 2.75) is 19.4 Å². The van der Waals surface area contributed by atoms with Crippen LogP contribution in [0.2, 0.25) is 0 Å². The van der Waals surface area contributed by atoms with Gasteiger partial charge in [-0.25, -0.2) is 0 Å². The van der Waals surface area contributed by atoms with Crippen molar-refractivity contribution in [3.8, 4) is 0 Å². The molecule has 0 unspecified atom stereocenters. The van der Waals surface area contributed by atoms with Gasteiger partial charge in [-0.15, -0.1) is 0 Å². The summed E-state index contributed by atoms with van der Waals surface area (Å²) in [4.78, 5) is 16.6. The summed E-state index contributed by atoms with van der Waals surface area (Å²) in [6, 6.07) is 3.84. The lowest BCUT2D eigenvalue weighted by atomic mass is 9.95. The number of allylic oxidation sites excluding steroid dienone is 6. The van der Waals surface area contributed by atoms with Gasteiger partial charge in [0.25, 0.3) is 5.91 Å². The molecule has 100 valence electrons. The van der Waals surface area contributed by atoms with Crippen LogP contribution < -0.4 is 5.32 Å². The second-order valence-electron chi connectivity index (χ2n) is 5.46. The number of amides is 1. The minimum atomic E-state index is -0.457. The minimum Gasteiger partial charge on any atom is -0.343 e. The molecule has 3 nitrogen and oxygen atoms in total. The fourth-order valence-electron chi connectivity index (χ4n) is 2.44. The number of hydrogen-bond acceptors (Lipinski definition) is 2. The van der Waals surface area contributed by atoms with Gasteiger partial charge in [-0.3, -0.25) is 9.78 Å². The molecule has 0 spiro atoms. The summed E-state index contributed by atoms with van der Waals surface area (Å²) in [6.07, 6.45) is 13.3. The van der Waals surface area contributed by atoms with Gasteiger partial charge in [-0.1, -0.05) is 30.4 Å². The summed E-state index contributed by atoms with van der Waals surface area (Å²) in [5, 5.41) is 3.08. The molecule has 0 fully saturated rings. The summed E-state index contributed by atoms with van der Waals surface area (Å²) in [5.74, 6) is -0.0555. The Kier molecular flexibility index (Phi) is 2.90. The van der Waals surface area contributed by atoms with Crippen LogP contribution in [0.15, 0.2) is 71.6 Å². The van der Waals surface area contributed by atoms with Crippen LogP contribution in [0.4, 0.5) is 0 Å². The topological polar surface area (TPSA) is 42.0 Å². The maximum absolute atomic E-state index is 12.5. The van der Waals surface area contributed by atoms with Crippen molar-refractivity contribution in [2.24, 2.45) is 0 Å². The van der Waals surface area contributed by atoms with Crippen molar-refractivity contribution in [3.05, 3.63) is 77.2 Å². The molecule has 0 saturated heterocycles. The Labute approximate surface area is 118 Å². The zero-order chi connectivity index (χ0) is 14.2. The summed E-state index contributed by atoms with van der Waals surface area (Å²) < 4.78 is 0. The van der Waals surface area contributed by atoms with Gasteiger partial charge in [-0.05, 0) is 42.7 Å². The van der Waals surface area contributed by atoms with E-state index in [0.29, 0.717) is 0 Å². The van der Waals surface area contributed by atoms with Gasteiger partial charge in [0.05, 0.1) is 5.54 Å². The van der Waals surface area contributed by atoms with Crippen LogP contribution in [0.25, 0.3) is 0 Å². The molecule has 0 saturated carbocycles. The Morgan fingerprint density at radius 2 is 2.10 bits per heavy atom. The molecule has 1 heterocycles. The lowest BCUT2D eigenvalue weighted by Crippen LogP contribution is -2.41. The van der Waals surface area contributed by atoms with E-state index in [1.54, 1.807) is 12.4 Å². The number of carbonyl (C=O) groups is 1. The maximum atomic E-state index is 12.5. The molecule has 0 aliphatic heterocycles. The number of pyridine rings is 1. The van der Waals surface area contributed by atoms with Gasteiger partial charge >= 0.3 is 0 Å². The highest BCUT2D eigenvalue weighted by molar-refractivity contribution is 6.02. The molecule has 0 bridgehead atoms. The molecule has 3 rings (SSSR count). The fourth-order valence-corrected chi connectivity index (χ4v) is 2.44. The molecule has 2 aliphatic carbocycles. The molecule has 3 heteroatoms. The van der Waals surface area contributed by atoms with Gasteiger partial charge in [0, 0.05) is 18.0 Å². The van der Waals surface area contributed by atoms with Crippen LogP contribution in [0.5, 0.6) is 0 Å². The summed E-state index contributed by atoms with van der Waals surface area (Å²) in [6.45, 7) is 3.96. The number of aromatic nitrogens is 1. The third-order valence-corrected chi connectivity index (χ3v) is 3.62. The number of nitrogens with one attached hydrogen (secondary N) is 1. The van der Waals surface area contributed by atoms with E-state index in [1.807, 2.05) is 56.4 Å². The molecule has 20 heavy (non-hydrogen) atoms. The number of carbonyl (C=O) groups excluding carboxylic acids is 1. The van der Waals surface area contributed by atoms with Crippen molar-refractivity contribution in [2.75, 3.05) is 0 Å². The SMILES string of the molecule is CC(C)(NC(=O)C1=CC=C2C=CC=C21)c1cccnc1. The van der Waals surface area contributed by atoms with Crippen molar-refractivity contribution in [1.82, 2.24) is 10.3 Å². The Morgan fingerprint density at radius 1 is 1.25 bits per heavy atom. The van der Waals surface area contributed by atoms with E-state index in [9.17, 15) is 4.79 Å². The van der Waals surface area contributed by atoms with Crippen molar-refractivity contribution < 1.29 is 4.79 Å². The van der Waals surface area contributed by atoms with Crippen LogP contribution in [0.3, 0.4) is 0 Å². The summed E-state index contributed by atoms with van der Waals surface area (Å²) >= 11 is 0. The van der Waals surface area contributed by atoms with E-state index in [0.717, 1.165) is 22.3 Å². The third-order valence-electron chi connectivity index (χ3n) is 3.62. The van der Waals surface area contributed by atoms with Gasteiger partial charge in [-0.2, -0.15) is 0 Å². The van der Waals surface area contributed by atoms with E-state index in [2.05, 4.69) is 10.3 Å². The van der Waals surface area contributed by atoms with E-state index in [1.165, 1.54) is 0 Å². The first-order valence-electron chi connectivity index (χ1n) is 6.62. The number of nitrogens with zero attached hydrogens (tertiary/aromatic N) is 1. The highest BCUT2D eigenvalue weighted by Crippen LogP contribution is 2.32. The molecular formula is C17H16N2O. The molecule has 0 radical (unpaired) electrons. The highest BCUT2D eigenvalue weighted by Gasteiger charge is 2.28. The molecular weight excluding hydrogens is 248 g/mol. The van der Waals surface area contributed by atoms with Crippen LogP contribution in [-0.2, 0) is 10.3 Å². The van der Waals surface area contributed by atoms with Crippen LogP contribution in [-0.4, -0.2) is 10.9 Å². The second-order valence-corrected chi connectivity index (χ2v) is 5.46. The molecule has 2 aliphatic rings. The highest BCUT2D eigenvalue weighted by atomic mass is 16.1. The predicted octanol–water partition coefficient (Wildman–Crippen LogP) is 2.80. The van der Waals surface area contributed by atoms with Gasteiger partial charge in [0.1, 0.15) is 0 Å². The zero-order valence-electron chi connectivity index (χ0n) is 11.6. The average molecular weight is 264 g/mol. The molecule has 1 amide bonds. The monoisotopic (exact) mass is 264 g/mol. The smallest absolute Gasteiger partial charge is 0.252 e. The van der Waals surface area contributed by atoms with Gasteiger partial charge in [0.2, 0.25) is 0 Å². The molecule has 1 aromatic heterocycles. The second kappa shape index (κ2) is 4.60. The Morgan fingerprint density at radius 3 is 2.85 bits per heavy atom. The van der Waals surface area contributed by atoms with Crippen molar-refractivity contribution in [3.63, 3.8) is 0 Å². The largest absolute Gasteiger partial charge is 0.343 e. The van der Waals surface area contributed by atoms with Crippen LogP contribution >= 0.6 is 0 Å². The zero-order valence-corrected chi connectivity index (χ0v) is 11.6. The van der Waals surface area contributed by atoms with Crippen molar-refractivity contribution >= 4 is 5.91 Å². The van der Waals surface area contributed by atoms with Crippen LogP contribution in [0.1, 0.15) is 19.4 Å². The quantitative estimate of drug-likeness (QED) is 0.912. The Bertz CT molecular complexity index is 676. The lowest BCUT2D eigenvalue weighted by Gasteiger charge is -2.27. The number of fused-ring (bicyclic) bond motifs is 1.